The van der Waals surface area contributed by atoms with E-state index in [4.69, 9.17) is 14.5 Å². The Bertz CT molecular complexity index is 1540. The monoisotopic (exact) mass is 551 g/mol. The van der Waals surface area contributed by atoms with Gasteiger partial charge >= 0.3 is 6.03 Å². The summed E-state index contributed by atoms with van der Waals surface area (Å²) in [5.41, 5.74) is 3.87. The molecule has 5 rings (SSSR count). The number of fused-ring (bicyclic) bond motifs is 1. The van der Waals surface area contributed by atoms with E-state index in [1.54, 1.807) is 6.92 Å². The maximum atomic E-state index is 13.4. The van der Waals surface area contributed by atoms with Crippen LogP contribution in [0.3, 0.4) is 0 Å². The Morgan fingerprint density at radius 2 is 1.71 bits per heavy atom. The number of benzene rings is 3. The van der Waals surface area contributed by atoms with Gasteiger partial charge in [0, 0.05) is 30.1 Å². The van der Waals surface area contributed by atoms with Crippen LogP contribution in [0.25, 0.3) is 10.9 Å². The Morgan fingerprint density at radius 1 is 0.951 bits per heavy atom. The molecule has 0 bridgehead atoms. The van der Waals surface area contributed by atoms with E-state index in [0.29, 0.717) is 26.0 Å². The molecule has 3 aromatic carbocycles. The van der Waals surface area contributed by atoms with E-state index in [1.807, 2.05) is 68.6 Å². The molecule has 1 unspecified atom stereocenters. The van der Waals surface area contributed by atoms with Crippen LogP contribution in [0.1, 0.15) is 55.9 Å². The minimum absolute atomic E-state index is 0.0561. The van der Waals surface area contributed by atoms with Crippen LogP contribution in [0.4, 0.5) is 4.79 Å². The van der Waals surface area contributed by atoms with Gasteiger partial charge in [-0.15, -0.1) is 0 Å². The smallest absolute Gasteiger partial charge is 0.325 e. The maximum absolute atomic E-state index is 13.4. The number of aryl methyl sites for hydroxylation is 1. The van der Waals surface area contributed by atoms with Crippen molar-refractivity contribution in [1.29, 1.82) is 0 Å². The van der Waals surface area contributed by atoms with Gasteiger partial charge in [-0.2, -0.15) is 0 Å². The number of rotatable bonds is 11. The Kier molecular flexibility index (Phi) is 8.24. The molecule has 1 atom stereocenters. The molecular formula is C34H37N3O4. The number of ether oxygens (including phenoxy) is 2. The number of pyridine rings is 1. The molecule has 0 spiro atoms. The Morgan fingerprint density at radius 3 is 2.44 bits per heavy atom. The van der Waals surface area contributed by atoms with Gasteiger partial charge in [0.1, 0.15) is 17.0 Å². The van der Waals surface area contributed by atoms with E-state index in [0.717, 1.165) is 45.5 Å². The summed E-state index contributed by atoms with van der Waals surface area (Å²) in [6, 6.07) is 23.4. The molecule has 1 aliphatic heterocycles. The standard InChI is InChI=1S/C34H37N3O4/c1-23(2)41-28-17-15-27(16-18-28)34(4)32(38)37(33(39)36-34)19-8-9-20-40-31-26(21-25-12-6-5-7-13-25)22-35-30-24(3)11-10-14-29(30)31/h5-7,10-18,22-23H,8-9,19-21H2,1-4H3,(H,36,39). The summed E-state index contributed by atoms with van der Waals surface area (Å²) >= 11 is 0. The van der Waals surface area contributed by atoms with Gasteiger partial charge in [0.25, 0.3) is 5.91 Å². The average Bonchev–Trinajstić information content (AvgIpc) is 3.18. The number of hydrogen-bond acceptors (Lipinski definition) is 5. The third-order valence-electron chi connectivity index (χ3n) is 7.46. The zero-order chi connectivity index (χ0) is 29.0. The molecule has 0 aliphatic carbocycles. The second kappa shape index (κ2) is 12.0. The van der Waals surface area contributed by atoms with E-state index in [2.05, 4.69) is 36.5 Å². The minimum atomic E-state index is -1.11. The molecule has 1 aromatic heterocycles. The predicted octanol–water partition coefficient (Wildman–Crippen LogP) is 6.55. The van der Waals surface area contributed by atoms with E-state index in [-0.39, 0.29) is 18.0 Å². The van der Waals surface area contributed by atoms with Crippen LogP contribution in [0, 0.1) is 6.92 Å². The van der Waals surface area contributed by atoms with Crippen molar-refractivity contribution < 1.29 is 19.1 Å². The highest BCUT2D eigenvalue weighted by molar-refractivity contribution is 6.07. The highest BCUT2D eigenvalue weighted by atomic mass is 16.5. The number of carbonyl (C=O) groups excluding carboxylic acids is 2. The minimum Gasteiger partial charge on any atom is -0.493 e. The molecule has 7 nitrogen and oxygen atoms in total. The van der Waals surface area contributed by atoms with Gasteiger partial charge in [-0.25, -0.2) is 4.79 Å². The molecule has 1 aliphatic rings. The first-order valence-corrected chi connectivity index (χ1v) is 14.2. The van der Waals surface area contributed by atoms with Crippen molar-refractivity contribution in [1.82, 2.24) is 15.2 Å². The van der Waals surface area contributed by atoms with Crippen molar-refractivity contribution in [2.24, 2.45) is 0 Å². The van der Waals surface area contributed by atoms with Crippen molar-refractivity contribution in [2.75, 3.05) is 13.2 Å². The largest absolute Gasteiger partial charge is 0.493 e. The molecule has 3 amide bonds. The molecule has 1 N–H and O–H groups in total. The van der Waals surface area contributed by atoms with E-state index >= 15 is 0 Å². The van der Waals surface area contributed by atoms with Crippen LogP contribution in [-0.2, 0) is 16.8 Å². The van der Waals surface area contributed by atoms with E-state index < -0.39 is 5.54 Å². The number of imide groups is 1. The van der Waals surface area contributed by atoms with Gasteiger partial charge in [0.05, 0.1) is 18.2 Å². The normalized spacial score (nSPS) is 16.9. The molecule has 4 aromatic rings. The third-order valence-corrected chi connectivity index (χ3v) is 7.46. The lowest BCUT2D eigenvalue weighted by atomic mass is 9.92. The molecule has 41 heavy (non-hydrogen) atoms. The quantitative estimate of drug-likeness (QED) is 0.169. The van der Waals surface area contributed by atoms with Crippen molar-refractivity contribution >= 4 is 22.8 Å². The van der Waals surface area contributed by atoms with Crippen LogP contribution in [0.2, 0.25) is 0 Å². The average molecular weight is 552 g/mol. The number of unbranched alkanes of at least 4 members (excludes halogenated alkanes) is 1. The fourth-order valence-electron chi connectivity index (χ4n) is 5.28. The summed E-state index contributed by atoms with van der Waals surface area (Å²) in [6.07, 6.45) is 4.01. The molecular weight excluding hydrogens is 514 g/mol. The van der Waals surface area contributed by atoms with Crippen LogP contribution < -0.4 is 14.8 Å². The highest BCUT2D eigenvalue weighted by Crippen LogP contribution is 2.33. The van der Waals surface area contributed by atoms with Crippen molar-refractivity contribution in [3.63, 3.8) is 0 Å². The second-order valence-electron chi connectivity index (χ2n) is 11.0. The number of nitrogens with zero attached hydrogens (tertiary/aromatic N) is 2. The summed E-state index contributed by atoms with van der Waals surface area (Å²) in [4.78, 5) is 32.2. The Balaban J connectivity index is 1.22. The lowest BCUT2D eigenvalue weighted by Gasteiger charge is -2.23. The summed E-state index contributed by atoms with van der Waals surface area (Å²) in [5.74, 6) is 1.32. The van der Waals surface area contributed by atoms with Gasteiger partial charge in [-0.05, 0) is 75.4 Å². The Labute approximate surface area is 241 Å². The summed E-state index contributed by atoms with van der Waals surface area (Å²) < 4.78 is 12.1. The fourth-order valence-corrected chi connectivity index (χ4v) is 5.28. The number of nitrogens with one attached hydrogen (secondary N) is 1. The molecule has 0 saturated carbocycles. The van der Waals surface area contributed by atoms with Gasteiger partial charge in [0.2, 0.25) is 0 Å². The van der Waals surface area contributed by atoms with Gasteiger partial charge in [0.15, 0.2) is 0 Å². The highest BCUT2D eigenvalue weighted by Gasteiger charge is 2.48. The van der Waals surface area contributed by atoms with Gasteiger partial charge in [-0.1, -0.05) is 54.6 Å². The van der Waals surface area contributed by atoms with Crippen LogP contribution in [0.15, 0.2) is 79.0 Å². The fraction of sp³-hybridized carbons (Fsp3) is 0.324. The topological polar surface area (TPSA) is 80.8 Å². The lowest BCUT2D eigenvalue weighted by molar-refractivity contribution is -0.131. The number of amides is 3. The number of para-hydroxylation sites is 1. The molecule has 2 heterocycles. The van der Waals surface area contributed by atoms with Crippen molar-refractivity contribution in [3.8, 4) is 11.5 Å². The van der Waals surface area contributed by atoms with Crippen LogP contribution in [-0.4, -0.2) is 41.1 Å². The zero-order valence-electron chi connectivity index (χ0n) is 24.1. The number of urea groups is 1. The van der Waals surface area contributed by atoms with Crippen molar-refractivity contribution in [2.45, 2.75) is 58.6 Å². The Hall–Kier alpha value is -4.39. The van der Waals surface area contributed by atoms with E-state index in [9.17, 15) is 9.59 Å². The number of aromatic nitrogens is 1. The van der Waals surface area contributed by atoms with Crippen LogP contribution >= 0.6 is 0 Å². The van der Waals surface area contributed by atoms with Crippen molar-refractivity contribution in [3.05, 3.63) is 101 Å². The first-order chi connectivity index (χ1) is 19.8. The number of hydrogen-bond donors (Lipinski definition) is 1. The first-order valence-electron chi connectivity index (χ1n) is 14.2. The molecule has 1 saturated heterocycles. The summed E-state index contributed by atoms with van der Waals surface area (Å²) in [7, 11) is 0. The SMILES string of the molecule is Cc1cccc2c(OCCCCN3C(=O)NC(C)(c4ccc(OC(C)C)cc4)C3=O)c(Cc3ccccc3)cnc12. The third kappa shape index (κ3) is 6.04. The van der Waals surface area contributed by atoms with E-state index in [1.165, 1.54) is 10.5 Å². The molecule has 0 radical (unpaired) electrons. The molecule has 212 valence electrons. The maximum Gasteiger partial charge on any atom is 0.325 e. The summed E-state index contributed by atoms with van der Waals surface area (Å²) in [5, 5.41) is 3.88. The molecule has 1 fully saturated rings. The zero-order valence-corrected chi connectivity index (χ0v) is 24.1. The predicted molar refractivity (Wildman–Crippen MR) is 160 cm³/mol. The lowest BCUT2D eigenvalue weighted by Crippen LogP contribution is -2.41. The first kappa shape index (κ1) is 28.1. The summed E-state index contributed by atoms with van der Waals surface area (Å²) in [6.45, 7) is 8.51. The second-order valence-corrected chi connectivity index (χ2v) is 11.0. The van der Waals surface area contributed by atoms with Crippen LogP contribution in [0.5, 0.6) is 11.5 Å². The molecule has 7 heteroatoms. The van der Waals surface area contributed by atoms with Gasteiger partial charge < -0.3 is 14.8 Å². The number of carbonyl (C=O) groups is 2. The van der Waals surface area contributed by atoms with Gasteiger partial charge in [-0.3, -0.25) is 14.7 Å².